The maximum absolute atomic E-state index is 14.1. The summed E-state index contributed by atoms with van der Waals surface area (Å²) in [5, 5.41) is 2.10. The fraction of sp³-hybridized carbons (Fsp3) is 0.400. The monoisotopic (exact) mass is 407 g/mol. The van der Waals surface area contributed by atoms with Crippen molar-refractivity contribution in [2.24, 2.45) is 16.8 Å². The summed E-state index contributed by atoms with van der Waals surface area (Å²) in [6.07, 6.45) is 9.52. The van der Waals surface area contributed by atoms with E-state index in [0.29, 0.717) is 5.92 Å². The van der Waals surface area contributed by atoms with Crippen LogP contribution in [0.5, 0.6) is 0 Å². The third kappa shape index (κ3) is 5.18. The van der Waals surface area contributed by atoms with Crippen LogP contribution < -0.4 is 0 Å². The molecule has 0 atom stereocenters. The minimum absolute atomic E-state index is 0.0942. The molecule has 2 aromatic rings. The van der Waals surface area contributed by atoms with Crippen LogP contribution in [0.1, 0.15) is 67.6 Å². The first kappa shape index (κ1) is 20.0. The minimum Gasteiger partial charge on any atom is -0.205 e. The molecule has 0 bridgehead atoms. The van der Waals surface area contributed by atoms with Gasteiger partial charge >= 0.3 is 0 Å². The van der Waals surface area contributed by atoms with Gasteiger partial charge in [0.2, 0.25) is 0 Å². The predicted molar refractivity (Wildman–Crippen MR) is 116 cm³/mol. The lowest BCUT2D eigenvalue weighted by Gasteiger charge is -2.28. The molecule has 2 fully saturated rings. The minimum atomic E-state index is -0.749. The highest BCUT2D eigenvalue weighted by Crippen LogP contribution is 2.43. The molecule has 0 radical (unpaired) electrons. The Labute approximate surface area is 176 Å². The van der Waals surface area contributed by atoms with Gasteiger partial charge in [-0.1, -0.05) is 36.8 Å². The maximum atomic E-state index is 14.1. The van der Waals surface area contributed by atoms with Gasteiger partial charge in [0.1, 0.15) is 11.6 Å². The van der Waals surface area contributed by atoms with Crippen LogP contribution in [0.2, 0.25) is 0 Å². The number of hydrogen-bond donors (Lipinski definition) is 0. The molecule has 1 nitrogen and oxygen atoms in total. The summed E-state index contributed by atoms with van der Waals surface area (Å²) in [7, 11) is 0. The lowest BCUT2D eigenvalue weighted by molar-refractivity contribution is 0.299. The van der Waals surface area contributed by atoms with E-state index in [2.05, 4.69) is 46.3 Å². The van der Waals surface area contributed by atoms with Gasteiger partial charge in [-0.15, -0.1) is 0 Å². The molecule has 2 aromatic carbocycles. The van der Waals surface area contributed by atoms with Crippen LogP contribution in [0, 0.1) is 35.3 Å². The van der Waals surface area contributed by atoms with E-state index in [4.69, 9.17) is 0 Å². The molecular weight excluding hydrogens is 384 g/mol. The molecule has 0 spiro atoms. The third-order valence-electron chi connectivity index (χ3n) is 6.13. The van der Waals surface area contributed by atoms with Crippen molar-refractivity contribution < 1.29 is 8.78 Å². The Morgan fingerprint density at radius 2 is 1.45 bits per heavy atom. The number of rotatable bonds is 4. The molecule has 0 N–H and O–H groups in total. The summed E-state index contributed by atoms with van der Waals surface area (Å²) in [6, 6.07) is 10.3. The molecule has 0 unspecified atom stereocenters. The molecule has 0 saturated heterocycles. The van der Waals surface area contributed by atoms with Gasteiger partial charge in [0.25, 0.3) is 0 Å². The number of benzene rings is 2. The van der Waals surface area contributed by atoms with E-state index < -0.39 is 11.6 Å². The topological polar surface area (TPSA) is 12.4 Å². The lowest BCUT2D eigenvalue weighted by Crippen LogP contribution is -2.13. The average Bonchev–Trinajstić information content (AvgIpc) is 3.53. The van der Waals surface area contributed by atoms with Crippen LogP contribution in [-0.2, 0) is 0 Å². The molecule has 0 aromatic heterocycles. The first-order valence-corrected chi connectivity index (χ1v) is 10.7. The standard InChI is InChI=1S/C25H23F2NS/c26-24-14-22(28-16-29)15-25(27)23(24)12-7-17-3-8-20(9-4-17)21-10-5-19(6-11-21)13-18-1-2-18/h3-4,8-9,14-15,18-19,21H,1-2,5-6,10-11,13H2. The molecule has 4 rings (SSSR count). The average molecular weight is 408 g/mol. The number of nitrogens with zero attached hydrogens (tertiary/aromatic N) is 1. The summed E-state index contributed by atoms with van der Waals surface area (Å²) in [4.78, 5) is 3.60. The Bertz CT molecular complexity index is 961. The van der Waals surface area contributed by atoms with Crippen molar-refractivity contribution in [1.82, 2.24) is 0 Å². The number of isothiocyanates is 1. The van der Waals surface area contributed by atoms with E-state index >= 15 is 0 Å². The summed E-state index contributed by atoms with van der Waals surface area (Å²) in [5.74, 6) is 6.54. The molecule has 4 heteroatoms. The van der Waals surface area contributed by atoms with E-state index in [0.717, 1.165) is 29.5 Å². The summed E-state index contributed by atoms with van der Waals surface area (Å²) < 4.78 is 28.2. The van der Waals surface area contributed by atoms with Crippen molar-refractivity contribution in [3.05, 3.63) is 64.7 Å². The normalized spacial score (nSPS) is 21.0. The van der Waals surface area contributed by atoms with Crippen molar-refractivity contribution in [2.75, 3.05) is 0 Å². The second-order valence-electron chi connectivity index (χ2n) is 8.26. The molecule has 2 aliphatic rings. The maximum Gasteiger partial charge on any atom is 0.143 e. The van der Waals surface area contributed by atoms with Crippen LogP contribution in [-0.4, -0.2) is 5.16 Å². The van der Waals surface area contributed by atoms with Crippen LogP contribution in [0.15, 0.2) is 41.4 Å². The highest BCUT2D eigenvalue weighted by atomic mass is 32.1. The van der Waals surface area contributed by atoms with E-state index in [-0.39, 0.29) is 11.3 Å². The SMILES string of the molecule is Fc1cc(N=C=S)cc(F)c1C#Cc1ccc(C2CCC(CC3CC3)CC2)cc1. The second-order valence-corrected chi connectivity index (χ2v) is 8.44. The summed E-state index contributed by atoms with van der Waals surface area (Å²) in [6.45, 7) is 0. The van der Waals surface area contributed by atoms with Crippen LogP contribution >= 0.6 is 12.2 Å². The van der Waals surface area contributed by atoms with Crippen molar-refractivity contribution in [3.8, 4) is 11.8 Å². The van der Waals surface area contributed by atoms with Crippen molar-refractivity contribution in [2.45, 2.75) is 50.9 Å². The molecule has 148 valence electrons. The quantitative estimate of drug-likeness (QED) is 0.297. The number of thiocarbonyl (C=S) groups is 1. The Kier molecular flexibility index (Phi) is 6.19. The van der Waals surface area contributed by atoms with E-state index in [9.17, 15) is 8.78 Å². The molecule has 0 aliphatic heterocycles. The van der Waals surface area contributed by atoms with Crippen molar-refractivity contribution in [3.63, 3.8) is 0 Å². The molecule has 29 heavy (non-hydrogen) atoms. The lowest BCUT2D eigenvalue weighted by atomic mass is 9.77. The molecule has 2 saturated carbocycles. The second kappa shape index (κ2) is 8.99. The number of halogens is 2. The Morgan fingerprint density at radius 3 is 2.00 bits per heavy atom. The molecule has 0 heterocycles. The highest BCUT2D eigenvalue weighted by Gasteiger charge is 2.28. The smallest absolute Gasteiger partial charge is 0.143 e. The van der Waals surface area contributed by atoms with Gasteiger partial charge in [0.05, 0.1) is 16.4 Å². The zero-order valence-corrected chi connectivity index (χ0v) is 17.1. The third-order valence-corrected chi connectivity index (χ3v) is 6.22. The fourth-order valence-electron chi connectivity index (χ4n) is 4.33. The van der Waals surface area contributed by atoms with Crippen molar-refractivity contribution >= 4 is 23.1 Å². The number of aliphatic imine (C=N–C) groups is 1. The Balaban J connectivity index is 1.41. The van der Waals surface area contributed by atoms with Crippen LogP contribution in [0.25, 0.3) is 0 Å². The largest absolute Gasteiger partial charge is 0.205 e. The molecule has 0 amide bonds. The van der Waals surface area contributed by atoms with Gasteiger partial charge < -0.3 is 0 Å². The van der Waals surface area contributed by atoms with Gasteiger partial charge in [0, 0.05) is 17.7 Å². The van der Waals surface area contributed by atoms with E-state index in [1.807, 2.05) is 12.1 Å². The predicted octanol–water partition coefficient (Wildman–Crippen LogP) is 7.17. The molecular formula is C25H23F2NS. The molecule has 2 aliphatic carbocycles. The zero-order chi connectivity index (χ0) is 20.2. The Morgan fingerprint density at radius 1 is 0.862 bits per heavy atom. The number of hydrogen-bond acceptors (Lipinski definition) is 2. The van der Waals surface area contributed by atoms with Crippen LogP contribution in [0.4, 0.5) is 14.5 Å². The van der Waals surface area contributed by atoms with Gasteiger partial charge in [-0.05, 0) is 79.8 Å². The van der Waals surface area contributed by atoms with E-state index in [1.54, 1.807) is 0 Å². The first-order valence-electron chi connectivity index (χ1n) is 10.3. The van der Waals surface area contributed by atoms with Gasteiger partial charge in [0.15, 0.2) is 0 Å². The van der Waals surface area contributed by atoms with Crippen molar-refractivity contribution in [1.29, 1.82) is 0 Å². The fourth-order valence-corrected chi connectivity index (χ4v) is 4.43. The van der Waals surface area contributed by atoms with Crippen LogP contribution in [0.3, 0.4) is 0 Å². The Hall–Kier alpha value is -2.34. The van der Waals surface area contributed by atoms with Gasteiger partial charge in [-0.3, -0.25) is 0 Å². The highest BCUT2D eigenvalue weighted by molar-refractivity contribution is 7.78. The van der Waals surface area contributed by atoms with Gasteiger partial charge in [-0.25, -0.2) is 8.78 Å². The first-order chi connectivity index (χ1) is 14.1. The van der Waals surface area contributed by atoms with E-state index in [1.165, 1.54) is 50.5 Å². The van der Waals surface area contributed by atoms with Gasteiger partial charge in [-0.2, -0.15) is 4.99 Å². The summed E-state index contributed by atoms with van der Waals surface area (Å²) >= 11 is 4.46. The zero-order valence-electron chi connectivity index (χ0n) is 16.3. The summed E-state index contributed by atoms with van der Waals surface area (Å²) in [5.41, 5.74) is 1.93.